The van der Waals surface area contributed by atoms with Crippen molar-refractivity contribution in [3.63, 3.8) is 0 Å². The molecule has 0 amide bonds. The zero-order valence-corrected chi connectivity index (χ0v) is 17.1. The Morgan fingerprint density at radius 1 is 1.11 bits per heavy atom. The molecule has 0 aliphatic rings. The van der Waals surface area contributed by atoms with Gasteiger partial charge in [0.1, 0.15) is 12.7 Å². The van der Waals surface area contributed by atoms with Crippen molar-refractivity contribution < 1.29 is 28.9 Å². The fraction of sp³-hybridized carbons (Fsp3) is 0.545. The first-order valence-electron chi connectivity index (χ1n) is 9.62. The van der Waals surface area contributed by atoms with Gasteiger partial charge in [-0.25, -0.2) is 9.59 Å². The summed E-state index contributed by atoms with van der Waals surface area (Å²) in [6.07, 6.45) is 2.59. The predicted molar refractivity (Wildman–Crippen MR) is 107 cm³/mol. The molecule has 1 unspecified atom stereocenters. The molecule has 0 aliphatic heterocycles. The van der Waals surface area contributed by atoms with Gasteiger partial charge in [0.2, 0.25) is 0 Å². The van der Waals surface area contributed by atoms with E-state index < -0.39 is 18.0 Å². The average molecular weight is 392 g/mol. The lowest BCUT2D eigenvalue weighted by atomic mass is 9.82. The van der Waals surface area contributed by atoms with Crippen molar-refractivity contribution in [3.05, 3.63) is 48.0 Å². The summed E-state index contributed by atoms with van der Waals surface area (Å²) in [6, 6.07) is 7.37. The van der Waals surface area contributed by atoms with Gasteiger partial charge in [0.15, 0.2) is 0 Å². The number of hydrogen-bond donors (Lipinski definition) is 1. The molecule has 0 aliphatic carbocycles. The molecule has 6 nitrogen and oxygen atoms in total. The summed E-state index contributed by atoms with van der Waals surface area (Å²) in [5.74, 6) is -0.911. The van der Waals surface area contributed by atoms with Crippen molar-refractivity contribution in [1.29, 1.82) is 0 Å². The molecule has 156 valence electrons. The van der Waals surface area contributed by atoms with Gasteiger partial charge < -0.3 is 19.3 Å². The molecule has 1 rings (SSSR count). The van der Waals surface area contributed by atoms with E-state index in [9.17, 15) is 14.7 Å². The minimum absolute atomic E-state index is 0.0588. The Balaban J connectivity index is 2.22. The van der Waals surface area contributed by atoms with Crippen molar-refractivity contribution in [2.24, 2.45) is 0 Å². The van der Waals surface area contributed by atoms with Crippen molar-refractivity contribution in [2.75, 3.05) is 26.4 Å². The van der Waals surface area contributed by atoms with E-state index in [0.717, 1.165) is 12.5 Å². The summed E-state index contributed by atoms with van der Waals surface area (Å²) in [4.78, 5) is 22.9. The molecule has 0 fully saturated rings. The van der Waals surface area contributed by atoms with Gasteiger partial charge in [0.25, 0.3) is 0 Å². The molecule has 1 aromatic carbocycles. The molecule has 1 atom stereocenters. The highest BCUT2D eigenvalue weighted by atomic mass is 16.5. The van der Waals surface area contributed by atoms with Gasteiger partial charge in [0.05, 0.1) is 18.8 Å². The lowest BCUT2D eigenvalue weighted by molar-refractivity contribution is -0.137. The maximum atomic E-state index is 12.1. The van der Waals surface area contributed by atoms with Gasteiger partial charge in [-0.05, 0) is 42.4 Å². The van der Waals surface area contributed by atoms with Crippen LogP contribution in [0.5, 0.6) is 0 Å². The summed E-state index contributed by atoms with van der Waals surface area (Å²) >= 11 is 0. The third kappa shape index (κ3) is 8.67. The van der Waals surface area contributed by atoms with Crippen molar-refractivity contribution in [1.82, 2.24) is 0 Å². The monoisotopic (exact) mass is 392 g/mol. The Hall–Kier alpha value is -2.18. The van der Waals surface area contributed by atoms with Crippen LogP contribution in [-0.2, 0) is 24.4 Å². The van der Waals surface area contributed by atoms with Crippen LogP contribution in [0.25, 0.3) is 0 Å². The zero-order valence-electron chi connectivity index (χ0n) is 17.1. The Morgan fingerprint density at radius 2 is 1.75 bits per heavy atom. The van der Waals surface area contributed by atoms with E-state index >= 15 is 0 Å². The van der Waals surface area contributed by atoms with E-state index in [2.05, 4.69) is 27.4 Å². The molecular formula is C22H32O6. The van der Waals surface area contributed by atoms with Gasteiger partial charge in [-0.2, -0.15) is 0 Å². The van der Waals surface area contributed by atoms with E-state index in [1.807, 2.05) is 12.1 Å². The first-order valence-corrected chi connectivity index (χ1v) is 9.62. The molecule has 0 spiro atoms. The van der Waals surface area contributed by atoms with E-state index in [4.69, 9.17) is 14.2 Å². The van der Waals surface area contributed by atoms with Crippen LogP contribution in [0.2, 0.25) is 0 Å². The topological polar surface area (TPSA) is 82.1 Å². The van der Waals surface area contributed by atoms with E-state index in [-0.39, 0.29) is 18.6 Å². The van der Waals surface area contributed by atoms with Crippen LogP contribution in [0, 0.1) is 0 Å². The molecule has 0 heterocycles. The maximum absolute atomic E-state index is 12.1. The predicted octanol–water partition coefficient (Wildman–Crippen LogP) is 3.42. The van der Waals surface area contributed by atoms with Crippen LogP contribution in [0.15, 0.2) is 36.9 Å². The van der Waals surface area contributed by atoms with Crippen LogP contribution in [0.4, 0.5) is 0 Å². The smallest absolute Gasteiger partial charge is 0.338 e. The second-order valence-corrected chi connectivity index (χ2v) is 7.22. The van der Waals surface area contributed by atoms with Crippen LogP contribution in [0.1, 0.15) is 56.0 Å². The molecule has 6 heteroatoms. The Morgan fingerprint density at radius 3 is 2.36 bits per heavy atom. The van der Waals surface area contributed by atoms with Crippen molar-refractivity contribution in [3.8, 4) is 0 Å². The van der Waals surface area contributed by atoms with Crippen LogP contribution in [0.3, 0.4) is 0 Å². The summed E-state index contributed by atoms with van der Waals surface area (Å²) in [5, 5.41) is 9.85. The molecule has 0 radical (unpaired) electrons. The van der Waals surface area contributed by atoms with E-state index in [0.29, 0.717) is 31.6 Å². The number of unbranched alkanes of at least 4 members (excludes halogenated alkanes) is 1. The number of ether oxygens (including phenoxy) is 3. The zero-order chi connectivity index (χ0) is 21.0. The van der Waals surface area contributed by atoms with Gasteiger partial charge in [-0.1, -0.05) is 39.5 Å². The van der Waals surface area contributed by atoms with Gasteiger partial charge in [0, 0.05) is 12.7 Å². The number of benzene rings is 1. The lowest BCUT2D eigenvalue weighted by Crippen LogP contribution is -2.24. The number of esters is 2. The summed E-state index contributed by atoms with van der Waals surface area (Å²) in [7, 11) is 0. The van der Waals surface area contributed by atoms with E-state index in [1.165, 1.54) is 5.56 Å². The second kappa shape index (κ2) is 12.3. The van der Waals surface area contributed by atoms with Crippen LogP contribution < -0.4 is 0 Å². The first kappa shape index (κ1) is 23.9. The molecule has 0 bridgehead atoms. The van der Waals surface area contributed by atoms with Crippen LogP contribution >= 0.6 is 0 Å². The quantitative estimate of drug-likeness (QED) is 0.315. The van der Waals surface area contributed by atoms with E-state index in [1.54, 1.807) is 12.1 Å². The third-order valence-electron chi connectivity index (χ3n) is 4.60. The number of hydrogen-bond acceptors (Lipinski definition) is 6. The molecule has 1 N–H and O–H groups in total. The summed E-state index contributed by atoms with van der Waals surface area (Å²) in [6.45, 7) is 10.4. The standard InChI is InChI=1S/C22H32O6/c1-5-20(24)27-14-8-7-13-26-15-19(23)16-28-21(25)17-9-11-18(12-10-17)22(3,4)6-2/h5,9-12,19,23H,1,6-8,13-16H2,2-4H3. The number of carbonyl (C=O) groups is 2. The minimum Gasteiger partial charge on any atom is -0.463 e. The molecule has 28 heavy (non-hydrogen) atoms. The lowest BCUT2D eigenvalue weighted by Gasteiger charge is -2.23. The number of aliphatic hydroxyl groups excluding tert-OH is 1. The highest BCUT2D eigenvalue weighted by Crippen LogP contribution is 2.26. The largest absolute Gasteiger partial charge is 0.463 e. The molecular weight excluding hydrogens is 360 g/mol. The number of carbonyl (C=O) groups excluding carboxylic acids is 2. The molecule has 0 saturated carbocycles. The summed E-state index contributed by atoms with van der Waals surface area (Å²) < 4.78 is 15.3. The molecule has 0 aromatic heterocycles. The van der Waals surface area contributed by atoms with Crippen molar-refractivity contribution in [2.45, 2.75) is 51.6 Å². The maximum Gasteiger partial charge on any atom is 0.338 e. The van der Waals surface area contributed by atoms with Gasteiger partial charge in [-0.3, -0.25) is 0 Å². The Labute approximate surface area is 167 Å². The highest BCUT2D eigenvalue weighted by Gasteiger charge is 2.18. The third-order valence-corrected chi connectivity index (χ3v) is 4.60. The first-order chi connectivity index (χ1) is 13.3. The van der Waals surface area contributed by atoms with Crippen molar-refractivity contribution >= 4 is 11.9 Å². The van der Waals surface area contributed by atoms with Gasteiger partial charge >= 0.3 is 11.9 Å². The highest BCUT2D eigenvalue weighted by molar-refractivity contribution is 5.89. The fourth-order valence-corrected chi connectivity index (χ4v) is 2.32. The Bertz CT molecular complexity index is 620. The number of aliphatic hydroxyl groups is 1. The average Bonchev–Trinajstić information content (AvgIpc) is 2.71. The second-order valence-electron chi connectivity index (χ2n) is 7.22. The molecule has 1 aromatic rings. The normalized spacial score (nSPS) is 12.3. The minimum atomic E-state index is -0.888. The van der Waals surface area contributed by atoms with Crippen LogP contribution in [-0.4, -0.2) is 49.6 Å². The molecule has 0 saturated heterocycles. The Kier molecular flexibility index (Phi) is 10.5. The number of rotatable bonds is 13. The summed E-state index contributed by atoms with van der Waals surface area (Å²) in [5.41, 5.74) is 1.68. The SMILES string of the molecule is C=CC(=O)OCCCCOCC(O)COC(=O)c1ccc(C(C)(C)CC)cc1. The fourth-order valence-electron chi connectivity index (χ4n) is 2.32. The van der Waals surface area contributed by atoms with Gasteiger partial charge in [-0.15, -0.1) is 0 Å².